The maximum absolute atomic E-state index is 12.8. The van der Waals surface area contributed by atoms with E-state index >= 15 is 0 Å². The number of pyridine rings is 1. The van der Waals surface area contributed by atoms with Crippen LogP contribution in [-0.4, -0.2) is 32.6 Å². The number of rotatable bonds is 6. The fourth-order valence-electron chi connectivity index (χ4n) is 3.08. The number of anilines is 1. The van der Waals surface area contributed by atoms with Crippen LogP contribution < -0.4 is 9.46 Å². The molecule has 3 rings (SSSR count). The van der Waals surface area contributed by atoms with Gasteiger partial charge in [-0.1, -0.05) is 22.4 Å². The van der Waals surface area contributed by atoms with Crippen LogP contribution in [0.15, 0.2) is 46.0 Å². The maximum Gasteiger partial charge on any atom is 0.340 e. The highest BCUT2D eigenvalue weighted by atomic mass is 79.9. The standard InChI is InChI=1S/C19H21BrN2O5S/c1-26-17-8-7-14(20)10-18(17)28(24,25)22-15-9-13(11-21-12-15)19(23)27-16-5-3-2-4-6-16/h7-12,16,22H,2-6H2,1H3. The number of carbonyl (C=O) groups is 1. The van der Waals surface area contributed by atoms with Gasteiger partial charge in [-0.05, 0) is 49.9 Å². The van der Waals surface area contributed by atoms with E-state index in [9.17, 15) is 13.2 Å². The lowest BCUT2D eigenvalue weighted by Gasteiger charge is -2.21. The Morgan fingerprint density at radius 3 is 2.64 bits per heavy atom. The fourth-order valence-corrected chi connectivity index (χ4v) is 4.82. The van der Waals surface area contributed by atoms with Crippen molar-refractivity contribution in [3.05, 3.63) is 46.7 Å². The molecule has 0 unspecified atom stereocenters. The number of aromatic nitrogens is 1. The highest BCUT2D eigenvalue weighted by Gasteiger charge is 2.22. The minimum atomic E-state index is -3.95. The molecule has 1 aliphatic rings. The third-order valence-corrected chi connectivity index (χ3v) is 6.36. The Hall–Kier alpha value is -2.13. The van der Waals surface area contributed by atoms with Crippen LogP contribution in [0.3, 0.4) is 0 Å². The van der Waals surface area contributed by atoms with Crippen LogP contribution in [0.5, 0.6) is 5.75 Å². The number of hydrogen-bond donors (Lipinski definition) is 1. The van der Waals surface area contributed by atoms with Crippen LogP contribution >= 0.6 is 15.9 Å². The first-order chi connectivity index (χ1) is 13.4. The van der Waals surface area contributed by atoms with Gasteiger partial charge in [0.2, 0.25) is 0 Å². The van der Waals surface area contributed by atoms with E-state index < -0.39 is 16.0 Å². The summed E-state index contributed by atoms with van der Waals surface area (Å²) < 4.78 is 39.2. The Morgan fingerprint density at radius 2 is 1.93 bits per heavy atom. The van der Waals surface area contributed by atoms with E-state index in [1.165, 1.54) is 31.6 Å². The van der Waals surface area contributed by atoms with Crippen LogP contribution in [0.1, 0.15) is 42.5 Å². The van der Waals surface area contributed by atoms with Crippen LogP contribution in [-0.2, 0) is 14.8 Å². The molecule has 0 bridgehead atoms. The van der Waals surface area contributed by atoms with Crippen molar-refractivity contribution in [3.63, 3.8) is 0 Å². The average Bonchev–Trinajstić information content (AvgIpc) is 2.68. The number of hydrogen-bond acceptors (Lipinski definition) is 6. The molecular formula is C19H21BrN2O5S. The van der Waals surface area contributed by atoms with E-state index in [4.69, 9.17) is 9.47 Å². The molecule has 28 heavy (non-hydrogen) atoms. The van der Waals surface area contributed by atoms with E-state index in [-0.39, 0.29) is 28.0 Å². The number of nitrogens with zero attached hydrogens (tertiary/aromatic N) is 1. The van der Waals surface area contributed by atoms with Crippen molar-refractivity contribution >= 4 is 37.6 Å². The molecule has 1 heterocycles. The SMILES string of the molecule is COc1ccc(Br)cc1S(=O)(=O)Nc1cncc(C(=O)OC2CCCCC2)c1. The maximum atomic E-state index is 12.8. The second-order valence-electron chi connectivity index (χ2n) is 6.53. The van der Waals surface area contributed by atoms with Gasteiger partial charge < -0.3 is 9.47 Å². The molecule has 2 aromatic rings. The number of ether oxygens (including phenoxy) is 2. The van der Waals surface area contributed by atoms with Crippen LogP contribution in [0, 0.1) is 0 Å². The Labute approximate surface area is 172 Å². The Morgan fingerprint density at radius 1 is 1.18 bits per heavy atom. The van der Waals surface area contributed by atoms with Gasteiger partial charge in [0.15, 0.2) is 0 Å². The van der Waals surface area contributed by atoms with Crippen molar-refractivity contribution in [3.8, 4) is 5.75 Å². The van der Waals surface area contributed by atoms with Gasteiger partial charge in [0.1, 0.15) is 16.7 Å². The predicted molar refractivity (Wildman–Crippen MR) is 108 cm³/mol. The molecule has 0 aliphatic heterocycles. The number of nitrogens with one attached hydrogen (secondary N) is 1. The second kappa shape index (κ2) is 8.91. The highest BCUT2D eigenvalue weighted by molar-refractivity contribution is 9.10. The Bertz CT molecular complexity index is 959. The largest absolute Gasteiger partial charge is 0.495 e. The summed E-state index contributed by atoms with van der Waals surface area (Å²) in [6.07, 6.45) is 7.57. The smallest absolute Gasteiger partial charge is 0.340 e. The number of carbonyl (C=O) groups excluding carboxylic acids is 1. The molecule has 0 atom stereocenters. The lowest BCUT2D eigenvalue weighted by molar-refractivity contribution is 0.0210. The topological polar surface area (TPSA) is 94.6 Å². The highest BCUT2D eigenvalue weighted by Crippen LogP contribution is 2.29. The molecule has 150 valence electrons. The molecule has 9 heteroatoms. The lowest BCUT2D eigenvalue weighted by atomic mass is 9.98. The molecule has 1 aromatic heterocycles. The number of halogens is 1. The number of benzene rings is 1. The zero-order valence-electron chi connectivity index (χ0n) is 15.4. The van der Waals surface area contributed by atoms with E-state index in [2.05, 4.69) is 25.6 Å². The van der Waals surface area contributed by atoms with Gasteiger partial charge in [-0.3, -0.25) is 9.71 Å². The molecule has 0 saturated heterocycles. The van der Waals surface area contributed by atoms with E-state index in [1.54, 1.807) is 12.1 Å². The molecule has 1 aromatic carbocycles. The van der Waals surface area contributed by atoms with E-state index in [1.807, 2.05) is 0 Å². The third kappa shape index (κ3) is 5.02. The molecular weight excluding hydrogens is 448 g/mol. The molecule has 0 radical (unpaired) electrons. The van der Waals surface area contributed by atoms with Crippen molar-refractivity contribution in [2.24, 2.45) is 0 Å². The molecule has 1 aliphatic carbocycles. The quantitative estimate of drug-likeness (QED) is 0.639. The predicted octanol–water partition coefficient (Wildman–Crippen LogP) is 4.14. The van der Waals surface area contributed by atoms with Gasteiger partial charge in [-0.2, -0.15) is 0 Å². The van der Waals surface area contributed by atoms with Gasteiger partial charge in [-0.15, -0.1) is 0 Å². The minimum absolute atomic E-state index is 0.0282. The van der Waals surface area contributed by atoms with Crippen molar-refractivity contribution in [1.82, 2.24) is 4.98 Å². The van der Waals surface area contributed by atoms with Crippen LogP contribution in [0.4, 0.5) is 5.69 Å². The first-order valence-corrected chi connectivity index (χ1v) is 11.2. The van der Waals surface area contributed by atoms with Crippen molar-refractivity contribution < 1.29 is 22.7 Å². The van der Waals surface area contributed by atoms with Gasteiger partial charge in [-0.25, -0.2) is 13.2 Å². The third-order valence-electron chi connectivity index (χ3n) is 4.47. The Kier molecular flexibility index (Phi) is 6.56. The zero-order chi connectivity index (χ0) is 20.1. The first-order valence-electron chi connectivity index (χ1n) is 8.91. The molecule has 1 N–H and O–H groups in total. The summed E-state index contributed by atoms with van der Waals surface area (Å²) in [5, 5.41) is 0. The molecule has 0 amide bonds. The van der Waals surface area contributed by atoms with E-state index in [0.29, 0.717) is 4.47 Å². The van der Waals surface area contributed by atoms with Crippen LogP contribution in [0.25, 0.3) is 0 Å². The summed E-state index contributed by atoms with van der Waals surface area (Å²) in [7, 11) is -2.55. The van der Waals surface area contributed by atoms with E-state index in [0.717, 1.165) is 32.1 Å². The first kappa shape index (κ1) is 20.6. The monoisotopic (exact) mass is 468 g/mol. The number of sulfonamides is 1. The van der Waals surface area contributed by atoms with Crippen molar-refractivity contribution in [2.75, 3.05) is 11.8 Å². The minimum Gasteiger partial charge on any atom is -0.495 e. The average molecular weight is 469 g/mol. The second-order valence-corrected chi connectivity index (χ2v) is 9.09. The van der Waals surface area contributed by atoms with Gasteiger partial charge in [0, 0.05) is 10.7 Å². The summed E-state index contributed by atoms with van der Waals surface area (Å²) >= 11 is 3.26. The summed E-state index contributed by atoms with van der Waals surface area (Å²) in [5.74, 6) is -0.294. The summed E-state index contributed by atoms with van der Waals surface area (Å²) in [6.45, 7) is 0. The number of esters is 1. The van der Waals surface area contributed by atoms with Gasteiger partial charge in [0.05, 0.1) is 24.6 Å². The normalized spacial score (nSPS) is 15.1. The van der Waals surface area contributed by atoms with Gasteiger partial charge in [0.25, 0.3) is 10.0 Å². The lowest BCUT2D eigenvalue weighted by Crippen LogP contribution is -2.21. The summed E-state index contributed by atoms with van der Waals surface area (Å²) in [6, 6.07) is 6.09. The van der Waals surface area contributed by atoms with Crippen LogP contribution in [0.2, 0.25) is 0 Å². The molecule has 1 saturated carbocycles. The van der Waals surface area contributed by atoms with Crippen molar-refractivity contribution in [1.29, 1.82) is 0 Å². The fraction of sp³-hybridized carbons (Fsp3) is 0.368. The molecule has 7 nitrogen and oxygen atoms in total. The Balaban J connectivity index is 1.78. The molecule has 1 fully saturated rings. The number of methoxy groups -OCH3 is 1. The van der Waals surface area contributed by atoms with Gasteiger partial charge >= 0.3 is 5.97 Å². The summed E-state index contributed by atoms with van der Waals surface area (Å²) in [4.78, 5) is 16.3. The zero-order valence-corrected chi connectivity index (χ0v) is 17.8. The molecule has 0 spiro atoms. The summed E-state index contributed by atoms with van der Waals surface area (Å²) in [5.41, 5.74) is 0.368. The van der Waals surface area contributed by atoms with Crippen molar-refractivity contribution in [2.45, 2.75) is 43.1 Å².